The smallest absolute Gasteiger partial charge is 0.305 e. The molecule has 9 heteroatoms. The van der Waals surface area contributed by atoms with Gasteiger partial charge in [-0.25, -0.2) is 12.7 Å². The molecule has 1 aromatic rings. The van der Waals surface area contributed by atoms with Crippen molar-refractivity contribution < 1.29 is 32.6 Å². The Morgan fingerprint density at radius 2 is 1.78 bits per heavy atom. The SMILES string of the molecule is CCOC(=O)CCCCCCN(CCCC(O)COc1cccc(C(C)=O)c1)S(C)(=O)=O. The van der Waals surface area contributed by atoms with Crippen molar-refractivity contribution in [3.8, 4) is 5.75 Å². The third-order valence-electron chi connectivity index (χ3n) is 4.94. The molecule has 1 rings (SSSR count). The summed E-state index contributed by atoms with van der Waals surface area (Å²) >= 11 is 0. The molecule has 0 heterocycles. The lowest BCUT2D eigenvalue weighted by Gasteiger charge is -2.20. The van der Waals surface area contributed by atoms with Gasteiger partial charge in [-0.05, 0) is 51.7 Å². The van der Waals surface area contributed by atoms with E-state index in [-0.39, 0.29) is 18.4 Å². The van der Waals surface area contributed by atoms with E-state index in [0.717, 1.165) is 19.3 Å². The molecule has 8 nitrogen and oxygen atoms in total. The number of Topliss-reactive ketones (excluding diaryl/α,β-unsaturated/α-hetero) is 1. The quantitative estimate of drug-likeness (QED) is 0.211. The first-order chi connectivity index (χ1) is 15.1. The third-order valence-corrected chi connectivity index (χ3v) is 6.24. The molecule has 0 aliphatic heterocycles. The maximum absolute atomic E-state index is 12.0. The number of carbonyl (C=O) groups is 2. The predicted octanol–water partition coefficient (Wildman–Crippen LogP) is 3.18. The number of ketones is 1. The van der Waals surface area contributed by atoms with Gasteiger partial charge >= 0.3 is 5.97 Å². The van der Waals surface area contributed by atoms with E-state index < -0.39 is 16.1 Å². The summed E-state index contributed by atoms with van der Waals surface area (Å²) in [5.74, 6) is 0.257. The highest BCUT2D eigenvalue weighted by molar-refractivity contribution is 7.88. The Morgan fingerprint density at radius 3 is 2.44 bits per heavy atom. The van der Waals surface area contributed by atoms with Gasteiger partial charge in [0.15, 0.2) is 5.78 Å². The maximum atomic E-state index is 12.0. The minimum Gasteiger partial charge on any atom is -0.491 e. The van der Waals surface area contributed by atoms with Gasteiger partial charge in [-0.2, -0.15) is 0 Å². The van der Waals surface area contributed by atoms with Crippen LogP contribution in [0.25, 0.3) is 0 Å². The van der Waals surface area contributed by atoms with Crippen LogP contribution in [0.5, 0.6) is 5.75 Å². The van der Waals surface area contributed by atoms with Gasteiger partial charge in [0.25, 0.3) is 0 Å². The van der Waals surface area contributed by atoms with Crippen molar-refractivity contribution in [2.24, 2.45) is 0 Å². The molecule has 0 fully saturated rings. The lowest BCUT2D eigenvalue weighted by molar-refractivity contribution is -0.143. The van der Waals surface area contributed by atoms with Crippen molar-refractivity contribution in [2.75, 3.05) is 32.6 Å². The standard InChI is InChI=1S/C23H37NO7S/c1-4-30-23(27)14-7-5-6-8-15-24(32(3,28)29)16-10-12-21(26)18-31-22-13-9-11-20(17-22)19(2)25/h9,11,13,17,21,26H,4-8,10,12,14-16,18H2,1-3H3. The van der Waals surface area contributed by atoms with Gasteiger partial charge in [0.2, 0.25) is 10.0 Å². The van der Waals surface area contributed by atoms with Crippen LogP contribution in [-0.4, -0.2) is 68.2 Å². The highest BCUT2D eigenvalue weighted by Crippen LogP contribution is 2.15. The minimum absolute atomic E-state index is 0.0594. The summed E-state index contributed by atoms with van der Waals surface area (Å²) in [5.41, 5.74) is 0.543. The average molecular weight is 472 g/mol. The van der Waals surface area contributed by atoms with E-state index in [0.29, 0.717) is 56.7 Å². The van der Waals surface area contributed by atoms with Crippen molar-refractivity contribution in [2.45, 2.75) is 64.9 Å². The van der Waals surface area contributed by atoms with Gasteiger partial charge in [0, 0.05) is 25.1 Å². The fraction of sp³-hybridized carbons (Fsp3) is 0.652. The van der Waals surface area contributed by atoms with Crippen LogP contribution in [0.15, 0.2) is 24.3 Å². The summed E-state index contributed by atoms with van der Waals surface area (Å²) in [5, 5.41) is 10.2. The summed E-state index contributed by atoms with van der Waals surface area (Å²) in [4.78, 5) is 22.7. The number of aliphatic hydroxyl groups excluding tert-OH is 1. The molecule has 0 aliphatic carbocycles. The number of sulfonamides is 1. The lowest BCUT2D eigenvalue weighted by atomic mass is 10.1. The normalized spacial score (nSPS) is 12.5. The number of benzene rings is 1. The molecule has 0 aromatic heterocycles. The number of rotatable bonds is 17. The number of ether oxygens (including phenoxy) is 2. The van der Waals surface area contributed by atoms with Crippen molar-refractivity contribution in [1.29, 1.82) is 0 Å². The van der Waals surface area contributed by atoms with Gasteiger partial charge in [-0.1, -0.05) is 25.0 Å². The molecule has 0 amide bonds. The topological polar surface area (TPSA) is 110 Å². The first-order valence-electron chi connectivity index (χ1n) is 11.2. The van der Waals surface area contributed by atoms with Crippen LogP contribution < -0.4 is 4.74 Å². The van der Waals surface area contributed by atoms with Crippen molar-refractivity contribution in [3.05, 3.63) is 29.8 Å². The molecule has 182 valence electrons. The summed E-state index contributed by atoms with van der Waals surface area (Å²) < 4.78 is 35.9. The zero-order valence-corrected chi connectivity index (χ0v) is 20.2. The highest BCUT2D eigenvalue weighted by Gasteiger charge is 2.17. The molecule has 0 bridgehead atoms. The zero-order chi connectivity index (χ0) is 24.0. The molecule has 32 heavy (non-hydrogen) atoms. The van der Waals surface area contributed by atoms with Gasteiger partial charge < -0.3 is 14.6 Å². The number of esters is 1. The van der Waals surface area contributed by atoms with Crippen molar-refractivity contribution in [3.63, 3.8) is 0 Å². The minimum atomic E-state index is -3.33. The van der Waals surface area contributed by atoms with Crippen LogP contribution in [0.1, 0.15) is 69.2 Å². The number of unbranched alkanes of at least 4 members (excludes halogenated alkanes) is 3. The maximum Gasteiger partial charge on any atom is 0.305 e. The summed E-state index contributed by atoms with van der Waals surface area (Å²) in [6.45, 7) is 4.46. The number of carbonyl (C=O) groups excluding carboxylic acids is 2. The fourth-order valence-electron chi connectivity index (χ4n) is 3.17. The highest BCUT2D eigenvalue weighted by atomic mass is 32.2. The van der Waals surface area contributed by atoms with E-state index in [1.54, 1.807) is 31.2 Å². The van der Waals surface area contributed by atoms with E-state index in [2.05, 4.69) is 0 Å². The molecule has 1 unspecified atom stereocenters. The molecule has 0 spiro atoms. The van der Waals surface area contributed by atoms with Crippen LogP contribution in [0.2, 0.25) is 0 Å². The Balaban J connectivity index is 2.30. The Kier molecular flexibility index (Phi) is 13.1. The van der Waals surface area contributed by atoms with Gasteiger partial charge in [-0.15, -0.1) is 0 Å². The van der Waals surface area contributed by atoms with Crippen molar-refractivity contribution >= 4 is 21.8 Å². The second-order valence-electron chi connectivity index (χ2n) is 7.82. The Morgan fingerprint density at radius 1 is 1.09 bits per heavy atom. The summed E-state index contributed by atoms with van der Waals surface area (Å²) in [7, 11) is -3.33. The molecule has 0 radical (unpaired) electrons. The Labute approximate surface area is 192 Å². The predicted molar refractivity (Wildman–Crippen MR) is 123 cm³/mol. The largest absolute Gasteiger partial charge is 0.491 e. The molecule has 1 aromatic carbocycles. The van der Waals surface area contributed by atoms with Gasteiger partial charge in [0.1, 0.15) is 12.4 Å². The molecule has 0 saturated heterocycles. The van der Waals surface area contributed by atoms with E-state index in [1.807, 2.05) is 0 Å². The van der Waals surface area contributed by atoms with Crippen LogP contribution >= 0.6 is 0 Å². The number of hydrogen-bond donors (Lipinski definition) is 1. The zero-order valence-electron chi connectivity index (χ0n) is 19.4. The first kappa shape index (κ1) is 28.1. The molecular formula is C23H37NO7S. The van der Waals surface area contributed by atoms with Crippen LogP contribution in [0.3, 0.4) is 0 Å². The monoisotopic (exact) mass is 471 g/mol. The summed E-state index contributed by atoms with van der Waals surface area (Å²) in [6, 6.07) is 6.77. The lowest BCUT2D eigenvalue weighted by Crippen LogP contribution is -2.32. The number of nitrogens with zero attached hydrogens (tertiary/aromatic N) is 1. The molecule has 1 atom stereocenters. The van der Waals surface area contributed by atoms with Crippen LogP contribution in [-0.2, 0) is 19.6 Å². The molecule has 1 N–H and O–H groups in total. The van der Waals surface area contributed by atoms with Crippen LogP contribution in [0, 0.1) is 0 Å². The average Bonchev–Trinajstić information content (AvgIpc) is 2.73. The van der Waals surface area contributed by atoms with E-state index in [9.17, 15) is 23.1 Å². The van der Waals surface area contributed by atoms with Gasteiger partial charge in [-0.3, -0.25) is 9.59 Å². The van der Waals surface area contributed by atoms with Gasteiger partial charge in [0.05, 0.1) is 19.0 Å². The Hall–Kier alpha value is -1.97. The first-order valence-corrected chi connectivity index (χ1v) is 13.0. The van der Waals surface area contributed by atoms with E-state index in [1.165, 1.54) is 17.5 Å². The Bertz CT molecular complexity index is 810. The fourth-order valence-corrected chi connectivity index (χ4v) is 4.09. The molecule has 0 saturated carbocycles. The summed E-state index contributed by atoms with van der Waals surface area (Å²) in [6.07, 6.45) is 4.88. The number of hydrogen-bond acceptors (Lipinski definition) is 7. The second-order valence-corrected chi connectivity index (χ2v) is 9.80. The third kappa shape index (κ3) is 12.2. The van der Waals surface area contributed by atoms with Crippen molar-refractivity contribution in [1.82, 2.24) is 4.31 Å². The van der Waals surface area contributed by atoms with Crippen LogP contribution in [0.4, 0.5) is 0 Å². The second kappa shape index (κ2) is 15.0. The molecule has 0 aliphatic rings. The van der Waals surface area contributed by atoms with E-state index in [4.69, 9.17) is 9.47 Å². The van der Waals surface area contributed by atoms with E-state index >= 15 is 0 Å². The molecular weight excluding hydrogens is 434 g/mol. The number of aliphatic hydroxyl groups is 1.